The van der Waals surface area contributed by atoms with Crippen molar-refractivity contribution in [2.75, 3.05) is 25.6 Å². The maximum Gasteiger partial charge on any atom is 0.325 e. The van der Waals surface area contributed by atoms with E-state index in [1.807, 2.05) is 6.92 Å². The molecule has 0 aliphatic rings. The molecule has 1 heterocycles. The summed E-state index contributed by atoms with van der Waals surface area (Å²) < 4.78 is 4.52. The van der Waals surface area contributed by atoms with Crippen molar-refractivity contribution in [2.24, 2.45) is 0 Å². The Bertz CT molecular complexity index is 300. The van der Waals surface area contributed by atoms with Crippen molar-refractivity contribution in [3.63, 3.8) is 0 Å². The van der Waals surface area contributed by atoms with Crippen LogP contribution in [0.3, 0.4) is 0 Å². The largest absolute Gasteiger partial charge is 0.468 e. The molecule has 5 nitrogen and oxygen atoms in total. The van der Waals surface area contributed by atoms with Crippen LogP contribution in [0.1, 0.15) is 5.01 Å². The van der Waals surface area contributed by atoms with Crippen LogP contribution in [0.25, 0.3) is 0 Å². The van der Waals surface area contributed by atoms with Gasteiger partial charge in [0.1, 0.15) is 11.6 Å². The molecule has 0 aliphatic carbocycles. The molecule has 0 saturated heterocycles. The number of aromatic nitrogens is 2. The predicted octanol–water partition coefficient (Wildman–Crippen LogP) is 0.456. The highest BCUT2D eigenvalue weighted by atomic mass is 32.1. The molecule has 1 rings (SSSR count). The Hall–Kier alpha value is -1.17. The normalized spacial score (nSPS) is 9.77. The number of hydrogen-bond donors (Lipinski definition) is 0. The summed E-state index contributed by atoms with van der Waals surface area (Å²) in [6, 6.07) is 0. The molecule has 0 bridgehead atoms. The van der Waals surface area contributed by atoms with Gasteiger partial charge in [0.2, 0.25) is 5.13 Å². The smallest absolute Gasteiger partial charge is 0.325 e. The summed E-state index contributed by atoms with van der Waals surface area (Å²) in [6.45, 7) is 2.07. The minimum absolute atomic E-state index is 0.200. The lowest BCUT2D eigenvalue weighted by Crippen LogP contribution is -2.26. The Labute approximate surface area is 80.3 Å². The van der Waals surface area contributed by atoms with Crippen LogP contribution >= 0.6 is 11.3 Å². The molecule has 13 heavy (non-hydrogen) atoms. The summed E-state index contributed by atoms with van der Waals surface area (Å²) in [4.78, 5) is 12.6. The maximum atomic E-state index is 10.9. The summed E-state index contributed by atoms with van der Waals surface area (Å²) in [5.74, 6) is -0.282. The van der Waals surface area contributed by atoms with E-state index in [-0.39, 0.29) is 12.5 Å². The molecule has 0 spiro atoms. The summed E-state index contributed by atoms with van der Waals surface area (Å²) >= 11 is 1.44. The van der Waals surface area contributed by atoms with Gasteiger partial charge >= 0.3 is 5.97 Å². The number of rotatable bonds is 3. The van der Waals surface area contributed by atoms with E-state index < -0.39 is 0 Å². The zero-order valence-corrected chi connectivity index (χ0v) is 8.59. The van der Waals surface area contributed by atoms with Gasteiger partial charge in [-0.3, -0.25) is 4.79 Å². The fourth-order valence-corrected chi connectivity index (χ4v) is 1.41. The molecule has 0 radical (unpaired) electrons. The summed E-state index contributed by atoms with van der Waals surface area (Å²) in [5.41, 5.74) is 0. The molecule has 0 saturated carbocycles. The number of likely N-dealkylation sites (N-methyl/N-ethyl adjacent to an activating group) is 1. The second-order valence-corrected chi connectivity index (χ2v) is 3.70. The number of methoxy groups -OCH3 is 1. The molecule has 0 unspecified atom stereocenters. The Morgan fingerprint density at radius 1 is 1.62 bits per heavy atom. The van der Waals surface area contributed by atoms with E-state index in [4.69, 9.17) is 0 Å². The van der Waals surface area contributed by atoms with Gasteiger partial charge in [0.25, 0.3) is 0 Å². The molecule has 6 heteroatoms. The standard InChI is InChI=1S/C7H11N3O2S/c1-5-8-9-7(13-5)10(2)4-6(11)12-3/h4H2,1-3H3. The number of hydrogen-bond acceptors (Lipinski definition) is 6. The molecule has 72 valence electrons. The third-order valence-electron chi connectivity index (χ3n) is 1.44. The Kier molecular flexibility index (Phi) is 3.18. The van der Waals surface area contributed by atoms with Crippen molar-refractivity contribution >= 4 is 22.4 Å². The Balaban J connectivity index is 2.58. The third-order valence-corrected chi connectivity index (χ3v) is 2.39. The molecular formula is C7H11N3O2S. The fourth-order valence-electron chi connectivity index (χ4n) is 0.766. The fraction of sp³-hybridized carbons (Fsp3) is 0.571. The first-order chi connectivity index (χ1) is 6.13. The highest BCUT2D eigenvalue weighted by Gasteiger charge is 2.10. The highest BCUT2D eigenvalue weighted by molar-refractivity contribution is 7.15. The molecule has 1 aromatic heterocycles. The van der Waals surface area contributed by atoms with Gasteiger partial charge in [0.05, 0.1) is 7.11 Å². The monoisotopic (exact) mass is 201 g/mol. The van der Waals surface area contributed by atoms with Crippen molar-refractivity contribution in [3.05, 3.63) is 5.01 Å². The van der Waals surface area contributed by atoms with E-state index in [0.29, 0.717) is 0 Å². The number of ether oxygens (including phenoxy) is 1. The third kappa shape index (κ3) is 2.66. The second kappa shape index (κ2) is 4.18. The van der Waals surface area contributed by atoms with Crippen LogP contribution in [-0.2, 0) is 9.53 Å². The van der Waals surface area contributed by atoms with Crippen molar-refractivity contribution in [1.82, 2.24) is 10.2 Å². The second-order valence-electron chi connectivity index (χ2n) is 2.54. The van der Waals surface area contributed by atoms with Crippen molar-refractivity contribution in [3.8, 4) is 0 Å². The lowest BCUT2D eigenvalue weighted by atomic mass is 10.6. The van der Waals surface area contributed by atoms with E-state index in [0.717, 1.165) is 10.1 Å². The first-order valence-corrected chi connectivity index (χ1v) is 4.53. The van der Waals surface area contributed by atoms with Gasteiger partial charge < -0.3 is 9.64 Å². The summed E-state index contributed by atoms with van der Waals surface area (Å²) in [6.07, 6.45) is 0. The number of carbonyl (C=O) groups is 1. The van der Waals surface area contributed by atoms with E-state index >= 15 is 0 Å². The topological polar surface area (TPSA) is 55.3 Å². The van der Waals surface area contributed by atoms with Crippen molar-refractivity contribution in [2.45, 2.75) is 6.92 Å². The van der Waals surface area contributed by atoms with E-state index in [9.17, 15) is 4.79 Å². The summed E-state index contributed by atoms with van der Waals surface area (Å²) in [5, 5.41) is 9.34. The molecule has 0 N–H and O–H groups in total. The number of carbonyl (C=O) groups excluding carboxylic acids is 1. The SMILES string of the molecule is COC(=O)CN(C)c1nnc(C)s1. The van der Waals surface area contributed by atoms with Gasteiger partial charge in [-0.05, 0) is 6.92 Å². The molecular weight excluding hydrogens is 190 g/mol. The van der Waals surface area contributed by atoms with E-state index in [1.165, 1.54) is 18.4 Å². The molecule has 0 amide bonds. The van der Waals surface area contributed by atoms with Gasteiger partial charge in [-0.15, -0.1) is 10.2 Å². The van der Waals surface area contributed by atoms with Gasteiger partial charge in [-0.25, -0.2) is 0 Å². The quantitative estimate of drug-likeness (QED) is 0.665. The first kappa shape index (κ1) is 9.91. The molecule has 0 aromatic carbocycles. The van der Waals surface area contributed by atoms with Crippen molar-refractivity contribution < 1.29 is 9.53 Å². The number of aryl methyl sites for hydroxylation is 1. The van der Waals surface area contributed by atoms with Gasteiger partial charge in [0.15, 0.2) is 0 Å². The number of nitrogens with zero attached hydrogens (tertiary/aromatic N) is 3. The van der Waals surface area contributed by atoms with Gasteiger partial charge in [0, 0.05) is 7.05 Å². The molecule has 0 fully saturated rings. The lowest BCUT2D eigenvalue weighted by molar-refractivity contribution is -0.138. The van der Waals surface area contributed by atoms with E-state index in [2.05, 4.69) is 14.9 Å². The molecule has 0 atom stereocenters. The maximum absolute atomic E-state index is 10.9. The Morgan fingerprint density at radius 3 is 2.77 bits per heavy atom. The van der Waals surface area contributed by atoms with Crippen LogP contribution in [0, 0.1) is 6.92 Å². The average molecular weight is 201 g/mol. The number of esters is 1. The van der Waals surface area contributed by atoms with Gasteiger partial charge in [-0.2, -0.15) is 0 Å². The van der Waals surface area contributed by atoms with Crippen LogP contribution in [0.5, 0.6) is 0 Å². The minimum Gasteiger partial charge on any atom is -0.468 e. The molecule has 1 aromatic rings. The van der Waals surface area contributed by atoms with Crippen LogP contribution in [0.2, 0.25) is 0 Å². The van der Waals surface area contributed by atoms with Crippen LogP contribution in [0.15, 0.2) is 0 Å². The number of anilines is 1. The van der Waals surface area contributed by atoms with Gasteiger partial charge in [-0.1, -0.05) is 11.3 Å². The Morgan fingerprint density at radius 2 is 2.31 bits per heavy atom. The minimum atomic E-state index is -0.282. The van der Waals surface area contributed by atoms with Crippen LogP contribution < -0.4 is 4.90 Å². The zero-order valence-electron chi connectivity index (χ0n) is 7.77. The lowest BCUT2D eigenvalue weighted by Gasteiger charge is -2.12. The predicted molar refractivity (Wildman–Crippen MR) is 49.9 cm³/mol. The van der Waals surface area contributed by atoms with Crippen LogP contribution in [-0.4, -0.2) is 36.9 Å². The molecule has 0 aliphatic heterocycles. The van der Waals surface area contributed by atoms with E-state index in [1.54, 1.807) is 11.9 Å². The van der Waals surface area contributed by atoms with Crippen molar-refractivity contribution in [1.29, 1.82) is 0 Å². The zero-order chi connectivity index (χ0) is 9.84. The summed E-state index contributed by atoms with van der Waals surface area (Å²) in [7, 11) is 3.14. The van der Waals surface area contributed by atoms with Crippen LogP contribution in [0.4, 0.5) is 5.13 Å². The average Bonchev–Trinajstić information content (AvgIpc) is 2.51. The first-order valence-electron chi connectivity index (χ1n) is 3.71. The highest BCUT2D eigenvalue weighted by Crippen LogP contribution is 2.17.